The lowest BCUT2D eigenvalue weighted by Gasteiger charge is -2.25. The van der Waals surface area contributed by atoms with Crippen LogP contribution in [0.15, 0.2) is 47.4 Å². The quantitative estimate of drug-likeness (QED) is 0.549. The highest BCUT2D eigenvalue weighted by Gasteiger charge is 2.26. The fraction of sp³-hybridized carbons (Fsp3) is 0.348. The summed E-state index contributed by atoms with van der Waals surface area (Å²) < 4.78 is 29.4. The number of anilines is 1. The van der Waals surface area contributed by atoms with Crippen LogP contribution in [0, 0.1) is 0 Å². The molecule has 9 nitrogen and oxygen atoms in total. The molecule has 174 valence electrons. The van der Waals surface area contributed by atoms with E-state index in [9.17, 15) is 18.0 Å². The third kappa shape index (κ3) is 4.76. The molecule has 0 bridgehead atoms. The Balaban J connectivity index is 1.49. The minimum Gasteiger partial charge on any atom is -0.366 e. The molecule has 0 atom stereocenters. The van der Waals surface area contributed by atoms with Crippen LogP contribution in [0.3, 0.4) is 0 Å². The standard InChI is InChI=1S/C23H27N5O4S/c1-27-20-10-9-16(33(31,32)28-13-5-2-6-14-28)15-19(20)25-21(27)11-12-22(29)26-18-8-4-3-7-17(18)23(24)30/h3-4,7-10,15H,2,5-6,11-14H2,1H3,(H2,24,30)(H,26,29). The van der Waals surface area contributed by atoms with Crippen LogP contribution in [0.4, 0.5) is 5.69 Å². The predicted molar refractivity (Wildman–Crippen MR) is 125 cm³/mol. The Hall–Kier alpha value is -3.24. The number of nitrogens with two attached hydrogens (primary N) is 1. The molecule has 0 unspecified atom stereocenters. The van der Waals surface area contributed by atoms with Gasteiger partial charge in [-0.2, -0.15) is 4.31 Å². The van der Waals surface area contributed by atoms with Crippen molar-refractivity contribution >= 4 is 38.6 Å². The van der Waals surface area contributed by atoms with E-state index in [-0.39, 0.29) is 22.8 Å². The Morgan fingerprint density at radius 3 is 2.55 bits per heavy atom. The van der Waals surface area contributed by atoms with Gasteiger partial charge in [-0.25, -0.2) is 13.4 Å². The van der Waals surface area contributed by atoms with Gasteiger partial charge in [0.2, 0.25) is 15.9 Å². The number of imidazole rings is 1. The molecule has 2 amide bonds. The molecule has 1 saturated heterocycles. The molecule has 1 aliphatic rings. The fourth-order valence-corrected chi connectivity index (χ4v) is 5.65. The lowest BCUT2D eigenvalue weighted by molar-refractivity contribution is -0.116. The zero-order valence-corrected chi connectivity index (χ0v) is 19.3. The molecule has 4 rings (SSSR count). The van der Waals surface area contributed by atoms with E-state index in [0.717, 1.165) is 24.8 Å². The molecule has 2 aromatic carbocycles. The van der Waals surface area contributed by atoms with E-state index in [4.69, 9.17) is 5.73 Å². The van der Waals surface area contributed by atoms with Gasteiger partial charge in [-0.1, -0.05) is 18.6 Å². The van der Waals surface area contributed by atoms with Crippen LogP contribution in [-0.2, 0) is 28.3 Å². The van der Waals surface area contributed by atoms with E-state index in [1.807, 2.05) is 11.6 Å². The zero-order valence-electron chi connectivity index (χ0n) is 18.5. The lowest BCUT2D eigenvalue weighted by atomic mass is 10.1. The van der Waals surface area contributed by atoms with Crippen LogP contribution in [0.2, 0.25) is 0 Å². The number of hydrogen-bond donors (Lipinski definition) is 2. The van der Waals surface area contributed by atoms with Gasteiger partial charge in [0.25, 0.3) is 5.91 Å². The number of aromatic nitrogens is 2. The summed E-state index contributed by atoms with van der Waals surface area (Å²) in [7, 11) is -1.71. The maximum absolute atomic E-state index is 13.0. The number of sulfonamides is 1. The van der Waals surface area contributed by atoms with E-state index >= 15 is 0 Å². The number of carbonyl (C=O) groups excluding carboxylic acids is 2. The fourth-order valence-electron chi connectivity index (χ4n) is 4.11. The van der Waals surface area contributed by atoms with Crippen molar-refractivity contribution in [2.24, 2.45) is 12.8 Å². The molecular formula is C23H27N5O4S. The summed E-state index contributed by atoms with van der Waals surface area (Å²) in [5.41, 5.74) is 7.34. The number of rotatable bonds is 7. The number of aryl methyl sites for hydroxylation is 2. The molecule has 0 spiro atoms. The second-order valence-electron chi connectivity index (χ2n) is 8.16. The van der Waals surface area contributed by atoms with Gasteiger partial charge in [0.1, 0.15) is 5.82 Å². The number of nitrogens with one attached hydrogen (secondary N) is 1. The molecule has 1 fully saturated rings. The molecular weight excluding hydrogens is 442 g/mol. The van der Waals surface area contributed by atoms with Crippen LogP contribution >= 0.6 is 0 Å². The summed E-state index contributed by atoms with van der Waals surface area (Å²) in [6, 6.07) is 11.5. The van der Waals surface area contributed by atoms with E-state index in [2.05, 4.69) is 10.3 Å². The first-order chi connectivity index (χ1) is 15.8. The third-order valence-corrected chi connectivity index (χ3v) is 7.83. The molecule has 10 heteroatoms. The van der Waals surface area contributed by atoms with Crippen LogP contribution in [0.25, 0.3) is 11.0 Å². The van der Waals surface area contributed by atoms with Crippen molar-refractivity contribution in [2.75, 3.05) is 18.4 Å². The number of hydrogen-bond acceptors (Lipinski definition) is 5. The van der Waals surface area contributed by atoms with Gasteiger partial charge in [0, 0.05) is 33.0 Å². The summed E-state index contributed by atoms with van der Waals surface area (Å²) in [4.78, 5) is 28.8. The molecule has 3 N–H and O–H groups in total. The van der Waals surface area contributed by atoms with Crippen molar-refractivity contribution in [1.29, 1.82) is 0 Å². The van der Waals surface area contributed by atoms with Crippen LogP contribution in [-0.4, -0.2) is 47.2 Å². The van der Waals surface area contributed by atoms with Gasteiger partial charge in [-0.15, -0.1) is 0 Å². The molecule has 0 saturated carbocycles. The molecule has 0 aliphatic carbocycles. The second-order valence-corrected chi connectivity index (χ2v) is 10.1. The largest absolute Gasteiger partial charge is 0.366 e. The Morgan fingerprint density at radius 2 is 1.82 bits per heavy atom. The van der Waals surface area contributed by atoms with Crippen molar-refractivity contribution in [2.45, 2.75) is 37.0 Å². The van der Waals surface area contributed by atoms with E-state index in [1.165, 1.54) is 4.31 Å². The van der Waals surface area contributed by atoms with E-state index in [1.54, 1.807) is 42.5 Å². The van der Waals surface area contributed by atoms with Crippen molar-refractivity contribution in [3.8, 4) is 0 Å². The van der Waals surface area contributed by atoms with Crippen molar-refractivity contribution in [3.05, 3.63) is 53.9 Å². The van der Waals surface area contributed by atoms with Gasteiger partial charge in [-0.3, -0.25) is 9.59 Å². The van der Waals surface area contributed by atoms with Crippen molar-refractivity contribution < 1.29 is 18.0 Å². The smallest absolute Gasteiger partial charge is 0.250 e. The molecule has 2 heterocycles. The lowest BCUT2D eigenvalue weighted by Crippen LogP contribution is -2.35. The molecule has 1 aliphatic heterocycles. The van der Waals surface area contributed by atoms with Crippen molar-refractivity contribution in [1.82, 2.24) is 13.9 Å². The number of amides is 2. The maximum Gasteiger partial charge on any atom is 0.250 e. The normalized spacial score (nSPS) is 14.9. The first kappa shape index (κ1) is 22.9. The zero-order chi connectivity index (χ0) is 23.6. The Kier molecular flexibility index (Phi) is 6.48. The minimum atomic E-state index is -3.55. The van der Waals surface area contributed by atoms with Gasteiger partial charge < -0.3 is 15.6 Å². The molecule has 1 aromatic heterocycles. The highest BCUT2D eigenvalue weighted by atomic mass is 32.2. The second kappa shape index (κ2) is 9.32. The first-order valence-corrected chi connectivity index (χ1v) is 12.4. The number of primary amides is 1. The van der Waals surface area contributed by atoms with E-state index in [0.29, 0.717) is 36.5 Å². The van der Waals surface area contributed by atoms with Gasteiger partial charge in [-0.05, 0) is 43.2 Å². The summed E-state index contributed by atoms with van der Waals surface area (Å²) in [5, 5.41) is 2.72. The van der Waals surface area contributed by atoms with Crippen LogP contribution in [0.5, 0.6) is 0 Å². The highest BCUT2D eigenvalue weighted by Crippen LogP contribution is 2.25. The number of piperidine rings is 1. The monoisotopic (exact) mass is 469 g/mol. The van der Waals surface area contributed by atoms with Crippen LogP contribution in [0.1, 0.15) is 41.9 Å². The van der Waals surface area contributed by atoms with Gasteiger partial charge in [0.05, 0.1) is 27.2 Å². The summed E-state index contributed by atoms with van der Waals surface area (Å²) >= 11 is 0. The average molecular weight is 470 g/mol. The van der Waals surface area contributed by atoms with Gasteiger partial charge >= 0.3 is 0 Å². The average Bonchev–Trinajstić information content (AvgIpc) is 3.13. The predicted octanol–water partition coefficient (Wildman–Crippen LogP) is 2.42. The number of para-hydroxylation sites is 1. The summed E-state index contributed by atoms with van der Waals surface area (Å²) in [6.45, 7) is 1.09. The van der Waals surface area contributed by atoms with E-state index < -0.39 is 15.9 Å². The number of nitrogens with zero attached hydrogens (tertiary/aromatic N) is 3. The summed E-state index contributed by atoms with van der Waals surface area (Å²) in [5.74, 6) is -0.225. The van der Waals surface area contributed by atoms with Gasteiger partial charge in [0.15, 0.2) is 0 Å². The Labute approximate surface area is 192 Å². The SMILES string of the molecule is Cn1c(CCC(=O)Nc2ccccc2C(N)=O)nc2cc(S(=O)(=O)N3CCCCC3)ccc21. The summed E-state index contributed by atoms with van der Waals surface area (Å²) in [6.07, 6.45) is 3.30. The Morgan fingerprint density at radius 1 is 1.09 bits per heavy atom. The third-order valence-electron chi connectivity index (χ3n) is 5.94. The topological polar surface area (TPSA) is 127 Å². The molecule has 3 aromatic rings. The van der Waals surface area contributed by atoms with Crippen LogP contribution < -0.4 is 11.1 Å². The Bertz CT molecular complexity index is 1310. The molecule has 0 radical (unpaired) electrons. The molecule has 33 heavy (non-hydrogen) atoms. The van der Waals surface area contributed by atoms with Crippen molar-refractivity contribution in [3.63, 3.8) is 0 Å². The number of benzene rings is 2. The highest BCUT2D eigenvalue weighted by molar-refractivity contribution is 7.89. The maximum atomic E-state index is 13.0. The minimum absolute atomic E-state index is 0.142. The number of carbonyl (C=O) groups is 2. The first-order valence-electron chi connectivity index (χ1n) is 10.9. The number of fused-ring (bicyclic) bond motifs is 1.